The zero-order valence-electron chi connectivity index (χ0n) is 10.7. The average molecular weight is 247 g/mol. The summed E-state index contributed by atoms with van der Waals surface area (Å²) < 4.78 is 4.72. The highest BCUT2D eigenvalue weighted by atomic mass is 16.5. The summed E-state index contributed by atoms with van der Waals surface area (Å²) in [6.45, 7) is 3.85. The topological polar surface area (TPSA) is 55.3 Å². The van der Waals surface area contributed by atoms with Crippen LogP contribution in [-0.4, -0.2) is 36.1 Å². The Kier molecular flexibility index (Phi) is 3.92. The summed E-state index contributed by atoms with van der Waals surface area (Å²) in [5, 5.41) is 0. The highest BCUT2D eigenvalue weighted by molar-refractivity contribution is 5.88. The van der Waals surface area contributed by atoms with Crippen LogP contribution in [0.5, 0.6) is 0 Å². The van der Waals surface area contributed by atoms with E-state index in [4.69, 9.17) is 4.74 Å². The summed E-state index contributed by atoms with van der Waals surface area (Å²) in [5.41, 5.74) is 0.308. The molecule has 18 heavy (non-hydrogen) atoms. The van der Waals surface area contributed by atoms with Gasteiger partial charge < -0.3 is 9.64 Å². The predicted molar refractivity (Wildman–Crippen MR) is 69.5 cm³/mol. The maximum absolute atomic E-state index is 11.6. The van der Waals surface area contributed by atoms with E-state index >= 15 is 0 Å². The molecule has 96 valence electrons. The van der Waals surface area contributed by atoms with Crippen molar-refractivity contribution < 1.29 is 9.53 Å². The minimum absolute atomic E-state index is 0.308. The Balaban J connectivity index is 2.38. The Hall–Kier alpha value is -1.91. The van der Waals surface area contributed by atoms with Gasteiger partial charge >= 0.3 is 5.97 Å². The Bertz CT molecular complexity index is 465. The molecule has 0 aromatic carbocycles. The quantitative estimate of drug-likeness (QED) is 0.763. The number of carbonyl (C=O) groups excluding carboxylic acids is 1. The first-order chi connectivity index (χ1) is 8.74. The molecule has 5 nitrogen and oxygen atoms in total. The molecule has 0 spiro atoms. The van der Waals surface area contributed by atoms with Crippen LogP contribution in [0.25, 0.3) is 6.08 Å². The number of esters is 1. The van der Waals surface area contributed by atoms with Gasteiger partial charge in [-0.1, -0.05) is 6.08 Å². The Morgan fingerprint density at radius 1 is 1.39 bits per heavy atom. The lowest BCUT2D eigenvalue weighted by Gasteiger charge is -2.17. The van der Waals surface area contributed by atoms with E-state index in [0.717, 1.165) is 31.7 Å². The summed E-state index contributed by atoms with van der Waals surface area (Å²) in [7, 11) is 1.36. The van der Waals surface area contributed by atoms with Crippen LogP contribution in [0.1, 0.15) is 36.1 Å². The molecule has 2 heterocycles. The van der Waals surface area contributed by atoms with Gasteiger partial charge in [0.15, 0.2) is 11.5 Å². The normalized spacial score (nSPS) is 15.3. The standard InChI is InChI=1S/C13H17N3O2/c1-3-6-11-14-10(13(17)18-2)9-12(15-11)16-7-4-5-8-16/h3,6,9H,4-5,7-8H2,1-2H3. The molecular formula is C13H17N3O2. The predicted octanol–water partition coefficient (Wildman–Crippen LogP) is 1.90. The fraction of sp³-hybridized carbons (Fsp3) is 0.462. The molecule has 1 aromatic rings. The number of carbonyl (C=O) groups is 1. The number of hydrogen-bond donors (Lipinski definition) is 0. The van der Waals surface area contributed by atoms with Crippen molar-refractivity contribution in [3.8, 4) is 0 Å². The first-order valence-electron chi connectivity index (χ1n) is 6.09. The third-order valence-corrected chi connectivity index (χ3v) is 2.87. The van der Waals surface area contributed by atoms with Crippen molar-refractivity contribution in [2.24, 2.45) is 0 Å². The number of hydrogen-bond acceptors (Lipinski definition) is 5. The molecule has 1 fully saturated rings. The molecule has 0 radical (unpaired) electrons. The number of rotatable bonds is 3. The smallest absolute Gasteiger partial charge is 0.356 e. The van der Waals surface area contributed by atoms with E-state index in [0.29, 0.717) is 11.5 Å². The van der Waals surface area contributed by atoms with Crippen LogP contribution >= 0.6 is 0 Å². The maximum Gasteiger partial charge on any atom is 0.356 e. The molecule has 2 rings (SSSR count). The first kappa shape index (κ1) is 12.5. The zero-order valence-corrected chi connectivity index (χ0v) is 10.7. The summed E-state index contributed by atoms with van der Waals surface area (Å²) >= 11 is 0. The van der Waals surface area contributed by atoms with Crippen molar-refractivity contribution in [1.29, 1.82) is 0 Å². The van der Waals surface area contributed by atoms with Crippen molar-refractivity contribution in [2.75, 3.05) is 25.1 Å². The Labute approximate surface area is 106 Å². The van der Waals surface area contributed by atoms with Crippen molar-refractivity contribution in [3.05, 3.63) is 23.7 Å². The van der Waals surface area contributed by atoms with E-state index in [9.17, 15) is 4.79 Å². The van der Waals surface area contributed by atoms with Gasteiger partial charge in [-0.05, 0) is 25.8 Å². The Morgan fingerprint density at radius 2 is 2.11 bits per heavy atom. The summed E-state index contributed by atoms with van der Waals surface area (Å²) in [4.78, 5) is 22.4. The molecule has 0 bridgehead atoms. The van der Waals surface area contributed by atoms with Gasteiger partial charge in [0.05, 0.1) is 7.11 Å². The third-order valence-electron chi connectivity index (χ3n) is 2.87. The molecular weight excluding hydrogens is 230 g/mol. The summed E-state index contributed by atoms with van der Waals surface area (Å²) in [6, 6.07) is 1.70. The molecule has 0 atom stereocenters. The van der Waals surface area contributed by atoms with Crippen LogP contribution in [0.2, 0.25) is 0 Å². The van der Waals surface area contributed by atoms with Crippen molar-refractivity contribution in [3.63, 3.8) is 0 Å². The van der Waals surface area contributed by atoms with E-state index in [2.05, 4.69) is 14.9 Å². The van der Waals surface area contributed by atoms with E-state index in [-0.39, 0.29) is 0 Å². The number of allylic oxidation sites excluding steroid dienone is 1. The van der Waals surface area contributed by atoms with Crippen molar-refractivity contribution >= 4 is 17.9 Å². The summed E-state index contributed by atoms with van der Waals surface area (Å²) in [5.74, 6) is 0.918. The number of aromatic nitrogens is 2. The van der Waals surface area contributed by atoms with Crippen LogP contribution in [0.4, 0.5) is 5.82 Å². The van der Waals surface area contributed by atoms with Gasteiger partial charge in [0.25, 0.3) is 0 Å². The van der Waals surface area contributed by atoms with E-state index in [1.54, 1.807) is 12.1 Å². The number of methoxy groups -OCH3 is 1. The van der Waals surface area contributed by atoms with Gasteiger partial charge in [-0.2, -0.15) is 0 Å². The lowest BCUT2D eigenvalue weighted by molar-refractivity contribution is 0.0593. The summed E-state index contributed by atoms with van der Waals surface area (Å²) in [6.07, 6.45) is 5.96. The second kappa shape index (κ2) is 5.62. The van der Waals surface area contributed by atoms with Crippen LogP contribution in [0.3, 0.4) is 0 Å². The molecule has 0 N–H and O–H groups in total. The van der Waals surface area contributed by atoms with Crippen LogP contribution < -0.4 is 4.90 Å². The third kappa shape index (κ3) is 2.67. The van der Waals surface area contributed by atoms with Crippen LogP contribution in [-0.2, 0) is 4.74 Å². The number of nitrogens with zero attached hydrogens (tertiary/aromatic N) is 3. The minimum atomic E-state index is -0.427. The molecule has 0 amide bonds. The monoisotopic (exact) mass is 247 g/mol. The fourth-order valence-electron chi connectivity index (χ4n) is 1.99. The van der Waals surface area contributed by atoms with E-state index in [1.807, 2.05) is 13.0 Å². The largest absolute Gasteiger partial charge is 0.464 e. The second-order valence-corrected chi connectivity index (χ2v) is 4.16. The van der Waals surface area contributed by atoms with E-state index < -0.39 is 5.97 Å². The zero-order chi connectivity index (χ0) is 13.0. The molecule has 0 aliphatic carbocycles. The number of anilines is 1. The van der Waals surface area contributed by atoms with Crippen LogP contribution in [0.15, 0.2) is 12.1 Å². The molecule has 1 aromatic heterocycles. The van der Waals surface area contributed by atoms with Gasteiger partial charge in [0.2, 0.25) is 0 Å². The van der Waals surface area contributed by atoms with Crippen LogP contribution in [0, 0.1) is 0 Å². The highest BCUT2D eigenvalue weighted by Gasteiger charge is 2.17. The minimum Gasteiger partial charge on any atom is -0.464 e. The Morgan fingerprint density at radius 3 is 2.72 bits per heavy atom. The lowest BCUT2D eigenvalue weighted by atomic mass is 10.3. The molecule has 1 saturated heterocycles. The van der Waals surface area contributed by atoms with Gasteiger partial charge in [0, 0.05) is 19.2 Å². The van der Waals surface area contributed by atoms with Crippen molar-refractivity contribution in [2.45, 2.75) is 19.8 Å². The second-order valence-electron chi connectivity index (χ2n) is 4.16. The SMILES string of the molecule is CC=Cc1nc(C(=O)OC)cc(N2CCCC2)n1. The average Bonchev–Trinajstić information content (AvgIpc) is 2.91. The molecule has 0 unspecified atom stereocenters. The molecule has 1 aliphatic rings. The van der Waals surface area contributed by atoms with Gasteiger partial charge in [-0.3, -0.25) is 0 Å². The van der Waals surface area contributed by atoms with Gasteiger partial charge in [0.1, 0.15) is 5.82 Å². The van der Waals surface area contributed by atoms with Gasteiger partial charge in [-0.15, -0.1) is 0 Å². The molecule has 1 aliphatic heterocycles. The van der Waals surface area contributed by atoms with E-state index in [1.165, 1.54) is 7.11 Å². The van der Waals surface area contributed by atoms with Crippen molar-refractivity contribution in [1.82, 2.24) is 9.97 Å². The lowest BCUT2D eigenvalue weighted by Crippen LogP contribution is -2.20. The first-order valence-corrected chi connectivity index (χ1v) is 6.09. The number of ether oxygens (including phenoxy) is 1. The fourth-order valence-corrected chi connectivity index (χ4v) is 1.99. The molecule has 0 saturated carbocycles. The molecule has 5 heteroatoms. The highest BCUT2D eigenvalue weighted by Crippen LogP contribution is 2.19. The maximum atomic E-state index is 11.6. The van der Waals surface area contributed by atoms with Gasteiger partial charge in [-0.25, -0.2) is 14.8 Å².